The van der Waals surface area contributed by atoms with Crippen LogP contribution in [-0.4, -0.2) is 87.6 Å². The number of hydrogen-bond donors (Lipinski definition) is 2. The number of aliphatic hydroxyl groups excluding tert-OH is 1. The Hall–Kier alpha value is -3.19. The molecule has 4 atom stereocenters. The first-order chi connectivity index (χ1) is 25.1. The number of ether oxygens (including phenoxy) is 2. The normalized spacial score (nSPS) is 22.9. The van der Waals surface area contributed by atoms with E-state index >= 15 is 9.59 Å². The number of rotatable bonds is 14. The molecule has 1 saturated carbocycles. The summed E-state index contributed by atoms with van der Waals surface area (Å²) < 4.78 is 25.8. The highest BCUT2D eigenvalue weighted by Crippen LogP contribution is 2.59. The lowest BCUT2D eigenvalue weighted by Crippen LogP contribution is -2.68. The van der Waals surface area contributed by atoms with Gasteiger partial charge >= 0.3 is 0 Å². The van der Waals surface area contributed by atoms with Crippen molar-refractivity contribution >= 4 is 31.3 Å². The lowest BCUT2D eigenvalue weighted by molar-refractivity contribution is -0.140. The minimum Gasteiger partial charge on any atom is -0.507 e. The summed E-state index contributed by atoms with van der Waals surface area (Å²) in [5, 5.41) is 20.2. The lowest BCUT2D eigenvalue weighted by atomic mass is 9.57. The third kappa shape index (κ3) is 7.40. The van der Waals surface area contributed by atoms with Gasteiger partial charge in [-0.2, -0.15) is 0 Å². The molecule has 3 aliphatic carbocycles. The summed E-state index contributed by atoms with van der Waals surface area (Å²) in [6.07, 6.45) is 4.35. The largest absolute Gasteiger partial charge is 0.507 e. The van der Waals surface area contributed by atoms with Gasteiger partial charge in [0.2, 0.25) is 11.6 Å². The molecular formula is C42H66N4O7Si. The zero-order valence-corrected chi connectivity index (χ0v) is 36.4. The summed E-state index contributed by atoms with van der Waals surface area (Å²) in [5.74, 6) is -1.09. The minimum atomic E-state index is -2.84. The number of Topliss-reactive ketones (excluding diaryl/α,β-unsaturated/α-hetero) is 2. The average molecular weight is 767 g/mol. The molecule has 0 radical (unpaired) electrons. The summed E-state index contributed by atoms with van der Waals surface area (Å²) in [6, 6.07) is 1.49. The average Bonchev–Trinajstić information content (AvgIpc) is 3.47. The maximum absolute atomic E-state index is 15.8. The van der Waals surface area contributed by atoms with E-state index in [1.54, 1.807) is 0 Å². The molecule has 2 N–H and O–H groups in total. The quantitative estimate of drug-likeness (QED) is 0.110. The molecule has 0 amide bonds. The van der Waals surface area contributed by atoms with E-state index in [-0.39, 0.29) is 39.3 Å². The summed E-state index contributed by atoms with van der Waals surface area (Å²) in [5.41, 5.74) is 1.85. The van der Waals surface area contributed by atoms with Gasteiger partial charge in [0.15, 0.2) is 19.7 Å². The zero-order chi connectivity index (χ0) is 40.1. The number of carbonyl (C=O) groups is 2. The number of unbranched alkanes of at least 4 members (excludes halogenated alkanes) is 2. The maximum Gasteiger partial charge on any atom is 0.265 e. The molecule has 2 aromatic rings. The van der Waals surface area contributed by atoms with Crippen LogP contribution in [0.4, 0.5) is 5.69 Å². The number of nitrogens with one attached hydrogen (secondary N) is 1. The van der Waals surface area contributed by atoms with E-state index < -0.39 is 37.4 Å². The fourth-order valence-electron chi connectivity index (χ4n) is 8.14. The highest BCUT2D eigenvalue weighted by Gasteiger charge is 2.69. The molecule has 0 aliphatic heterocycles. The van der Waals surface area contributed by atoms with Gasteiger partial charge in [-0.3, -0.25) is 14.5 Å². The molecule has 1 heterocycles. The Morgan fingerprint density at radius 1 is 0.981 bits per heavy atom. The molecule has 0 saturated heterocycles. The van der Waals surface area contributed by atoms with Crippen molar-refractivity contribution in [1.29, 1.82) is 0 Å². The van der Waals surface area contributed by atoms with Gasteiger partial charge in [0.1, 0.15) is 17.1 Å². The molecule has 1 fully saturated rings. The van der Waals surface area contributed by atoms with Crippen LogP contribution in [0.3, 0.4) is 0 Å². The predicted molar refractivity (Wildman–Crippen MR) is 216 cm³/mol. The van der Waals surface area contributed by atoms with Crippen LogP contribution in [0.2, 0.25) is 18.1 Å². The van der Waals surface area contributed by atoms with Crippen molar-refractivity contribution in [3.05, 3.63) is 39.7 Å². The van der Waals surface area contributed by atoms with Crippen molar-refractivity contribution in [3.63, 3.8) is 0 Å². The second kappa shape index (κ2) is 15.4. The molecule has 0 bridgehead atoms. The molecule has 12 heteroatoms. The van der Waals surface area contributed by atoms with Crippen molar-refractivity contribution < 1.29 is 33.1 Å². The van der Waals surface area contributed by atoms with E-state index in [0.29, 0.717) is 49.7 Å². The Balaban J connectivity index is 1.80. The third-order valence-corrected chi connectivity index (χ3v) is 16.3. The second-order valence-corrected chi connectivity index (χ2v) is 23.3. The van der Waals surface area contributed by atoms with E-state index in [1.807, 2.05) is 39.2 Å². The Labute approximate surface area is 324 Å². The van der Waals surface area contributed by atoms with Gasteiger partial charge in [0.05, 0.1) is 24.8 Å². The Morgan fingerprint density at radius 3 is 2.17 bits per heavy atom. The van der Waals surface area contributed by atoms with Crippen molar-refractivity contribution in [2.45, 2.75) is 136 Å². The standard InChI is InChI=1S/C42H66N4O7Si/c1-15-17-19-50-29-23-26(24-43-40(3,4)5)33(45(9)10)27-21-25-22-28-34(46(11)12)36-32(39(44-52-36)51-20-18-16-2)38(49)42(28,53-54(13,14)41(6,7)8)37(48)30(25)35(47)31(27)29/h23,25,28,34,43,47H,15-22,24H2,1-14H3/t25-,28-,34-,42-/m0/s1. The summed E-state index contributed by atoms with van der Waals surface area (Å²) in [4.78, 5) is 35.3. The summed E-state index contributed by atoms with van der Waals surface area (Å²) in [7, 11) is 5.06. The number of aromatic nitrogens is 1. The van der Waals surface area contributed by atoms with Crippen LogP contribution in [0.1, 0.15) is 126 Å². The molecule has 0 unspecified atom stereocenters. The van der Waals surface area contributed by atoms with E-state index in [2.05, 4.69) is 83.9 Å². The van der Waals surface area contributed by atoms with Gasteiger partial charge < -0.3 is 33.7 Å². The van der Waals surface area contributed by atoms with Gasteiger partial charge in [-0.1, -0.05) is 47.5 Å². The fourth-order valence-corrected chi connectivity index (χ4v) is 9.59. The summed E-state index contributed by atoms with van der Waals surface area (Å²) >= 11 is 0. The topological polar surface area (TPSA) is 127 Å². The van der Waals surface area contributed by atoms with Crippen molar-refractivity contribution in [1.82, 2.24) is 15.4 Å². The molecule has 1 aromatic carbocycles. The molecular weight excluding hydrogens is 701 g/mol. The first-order valence-corrected chi connectivity index (χ1v) is 22.8. The lowest BCUT2D eigenvalue weighted by Gasteiger charge is -2.55. The van der Waals surface area contributed by atoms with Crippen LogP contribution in [0.25, 0.3) is 5.76 Å². The van der Waals surface area contributed by atoms with Gasteiger partial charge in [-0.15, -0.1) is 0 Å². The number of hydrogen-bond acceptors (Lipinski definition) is 11. The van der Waals surface area contributed by atoms with Crippen LogP contribution >= 0.6 is 0 Å². The minimum absolute atomic E-state index is 0.0905. The second-order valence-electron chi connectivity index (χ2n) is 18.5. The van der Waals surface area contributed by atoms with Gasteiger partial charge in [0, 0.05) is 43.4 Å². The van der Waals surface area contributed by atoms with E-state index in [0.717, 1.165) is 42.5 Å². The number of ketones is 2. The number of benzene rings is 1. The molecule has 3 aliphatic rings. The molecule has 5 rings (SSSR count). The number of carbonyl (C=O) groups excluding carboxylic acids is 2. The van der Waals surface area contributed by atoms with Crippen LogP contribution in [0.15, 0.2) is 16.2 Å². The van der Waals surface area contributed by atoms with E-state index in [9.17, 15) is 5.11 Å². The van der Waals surface area contributed by atoms with Gasteiger partial charge in [0.25, 0.3) is 5.88 Å². The monoisotopic (exact) mass is 766 g/mol. The number of nitrogens with zero attached hydrogens (tertiary/aromatic N) is 3. The van der Waals surface area contributed by atoms with Crippen LogP contribution in [0.5, 0.6) is 11.6 Å². The Morgan fingerprint density at radius 2 is 1.61 bits per heavy atom. The molecule has 11 nitrogen and oxygen atoms in total. The number of anilines is 1. The van der Waals surface area contributed by atoms with Gasteiger partial charge in [-0.05, 0) is 107 Å². The van der Waals surface area contributed by atoms with Crippen molar-refractivity contribution in [3.8, 4) is 11.6 Å². The number of aliphatic hydroxyl groups is 1. The summed E-state index contributed by atoms with van der Waals surface area (Å²) in [6.45, 7) is 22.4. The molecule has 300 valence electrons. The highest BCUT2D eigenvalue weighted by molar-refractivity contribution is 6.74. The smallest absolute Gasteiger partial charge is 0.265 e. The van der Waals surface area contributed by atoms with Crippen molar-refractivity contribution in [2.75, 3.05) is 46.3 Å². The molecule has 0 spiro atoms. The van der Waals surface area contributed by atoms with Crippen LogP contribution in [-0.2, 0) is 22.2 Å². The van der Waals surface area contributed by atoms with Crippen molar-refractivity contribution in [2.24, 2.45) is 11.8 Å². The molecule has 1 aromatic heterocycles. The zero-order valence-electron chi connectivity index (χ0n) is 35.4. The van der Waals surface area contributed by atoms with E-state index in [4.69, 9.17) is 18.4 Å². The SMILES string of the molecule is CCCCOc1cc(CNC(C)(C)C)c(N(C)C)c2c1C(O)=C1C(=O)[C@]3(O[Si](C)(C)C(C)(C)C)C(=O)c4c(OCCCC)noc4[C@@H](N(C)C)[C@@H]3C[C@@H]1C2. The van der Waals surface area contributed by atoms with Crippen LogP contribution in [0, 0.1) is 11.8 Å². The fraction of sp³-hybridized carbons (Fsp3) is 0.690. The third-order valence-electron chi connectivity index (χ3n) is 11.9. The highest BCUT2D eigenvalue weighted by atomic mass is 28.4. The first-order valence-electron chi connectivity index (χ1n) is 19.9. The first kappa shape index (κ1) is 42.0. The van der Waals surface area contributed by atoms with Gasteiger partial charge in [-0.25, -0.2) is 0 Å². The predicted octanol–water partition coefficient (Wildman–Crippen LogP) is 8.28. The maximum atomic E-state index is 15.8. The number of fused-ring (bicyclic) bond motifs is 4. The van der Waals surface area contributed by atoms with Crippen LogP contribution < -0.4 is 19.7 Å². The molecule has 54 heavy (non-hydrogen) atoms. The Bertz CT molecular complexity index is 1770. The Kier molecular flexibility index (Phi) is 12.0. The van der Waals surface area contributed by atoms with E-state index in [1.165, 1.54) is 0 Å².